The van der Waals surface area contributed by atoms with E-state index in [2.05, 4.69) is 29.2 Å². The van der Waals surface area contributed by atoms with E-state index in [0.29, 0.717) is 18.1 Å². The van der Waals surface area contributed by atoms with E-state index in [0.717, 1.165) is 30.2 Å². The molecule has 0 unspecified atom stereocenters. The molecule has 38 heavy (non-hydrogen) atoms. The van der Waals surface area contributed by atoms with Crippen LogP contribution in [-0.4, -0.2) is 62.7 Å². The quantitative estimate of drug-likeness (QED) is 0.308. The van der Waals surface area contributed by atoms with Gasteiger partial charge in [-0.2, -0.15) is 0 Å². The van der Waals surface area contributed by atoms with E-state index in [4.69, 9.17) is 18.9 Å². The molecule has 1 heterocycles. The largest absolute Gasteiger partial charge is 0.497 e. The molecule has 0 spiro atoms. The SMILES string of the molecule is CCOC(=O)CN(Cc1ccc(OCCN2CCSc3ccccc32)cc1)C(=O)Oc1ccc(OC)cc1. The van der Waals surface area contributed by atoms with Crippen molar-refractivity contribution >= 4 is 29.5 Å². The minimum Gasteiger partial charge on any atom is -0.497 e. The Balaban J connectivity index is 1.33. The average Bonchev–Trinajstić information content (AvgIpc) is 2.94. The molecule has 1 amide bonds. The summed E-state index contributed by atoms with van der Waals surface area (Å²) in [7, 11) is 1.56. The van der Waals surface area contributed by atoms with Gasteiger partial charge in [0.05, 0.1) is 25.9 Å². The lowest BCUT2D eigenvalue weighted by Crippen LogP contribution is -2.38. The molecule has 0 radical (unpaired) electrons. The Hall–Kier alpha value is -3.85. The second kappa shape index (κ2) is 13.6. The fourth-order valence-corrected chi connectivity index (χ4v) is 5.05. The van der Waals surface area contributed by atoms with Gasteiger partial charge in [0.1, 0.15) is 30.4 Å². The summed E-state index contributed by atoms with van der Waals surface area (Å²) in [5.41, 5.74) is 2.08. The number of hydrogen-bond acceptors (Lipinski definition) is 8. The van der Waals surface area contributed by atoms with E-state index < -0.39 is 12.1 Å². The van der Waals surface area contributed by atoms with Crippen molar-refractivity contribution in [2.45, 2.75) is 18.4 Å². The average molecular weight is 537 g/mol. The van der Waals surface area contributed by atoms with Crippen LogP contribution in [0.3, 0.4) is 0 Å². The van der Waals surface area contributed by atoms with Gasteiger partial charge in [0.25, 0.3) is 0 Å². The van der Waals surface area contributed by atoms with Crippen LogP contribution in [0.25, 0.3) is 0 Å². The van der Waals surface area contributed by atoms with Gasteiger partial charge >= 0.3 is 12.1 Å². The second-order valence-corrected chi connectivity index (χ2v) is 9.64. The standard InChI is InChI=1S/C29H32N2O6S/c1-3-35-28(32)21-31(29(33)37-25-14-12-23(34-2)13-15-25)20-22-8-10-24(11-9-22)36-18-16-30-17-19-38-27-7-5-4-6-26(27)30/h4-15H,3,16-21H2,1-2H3. The van der Waals surface area contributed by atoms with Gasteiger partial charge in [-0.1, -0.05) is 24.3 Å². The van der Waals surface area contributed by atoms with Crippen LogP contribution in [0.5, 0.6) is 17.2 Å². The Morgan fingerprint density at radius 1 is 0.947 bits per heavy atom. The normalized spacial score (nSPS) is 12.3. The maximum atomic E-state index is 12.9. The summed E-state index contributed by atoms with van der Waals surface area (Å²) in [6, 6.07) is 22.6. The number of benzene rings is 3. The molecular formula is C29H32N2O6S. The van der Waals surface area contributed by atoms with Gasteiger partial charge in [0, 0.05) is 23.7 Å². The van der Waals surface area contributed by atoms with E-state index >= 15 is 0 Å². The number of anilines is 1. The number of thioether (sulfide) groups is 1. The number of carbonyl (C=O) groups excluding carboxylic acids is 2. The maximum absolute atomic E-state index is 12.9. The molecule has 0 saturated carbocycles. The number of fused-ring (bicyclic) bond motifs is 1. The summed E-state index contributed by atoms with van der Waals surface area (Å²) in [6.07, 6.45) is -0.650. The molecule has 200 valence electrons. The molecule has 0 aromatic heterocycles. The second-order valence-electron chi connectivity index (χ2n) is 8.50. The number of ether oxygens (including phenoxy) is 4. The smallest absolute Gasteiger partial charge is 0.416 e. The van der Waals surface area contributed by atoms with Crippen molar-refractivity contribution in [3.63, 3.8) is 0 Å². The first-order valence-corrected chi connectivity index (χ1v) is 13.5. The molecular weight excluding hydrogens is 504 g/mol. The fraction of sp³-hybridized carbons (Fsp3) is 0.310. The van der Waals surface area contributed by atoms with Crippen molar-refractivity contribution in [3.05, 3.63) is 78.4 Å². The van der Waals surface area contributed by atoms with Crippen LogP contribution in [0.15, 0.2) is 77.7 Å². The molecule has 0 atom stereocenters. The minimum atomic E-state index is -0.650. The zero-order valence-corrected chi connectivity index (χ0v) is 22.4. The van der Waals surface area contributed by atoms with Crippen molar-refractivity contribution < 1.29 is 28.5 Å². The Morgan fingerprint density at radius 2 is 1.66 bits per heavy atom. The number of rotatable bonds is 11. The van der Waals surface area contributed by atoms with Crippen LogP contribution in [0.4, 0.5) is 10.5 Å². The predicted octanol–water partition coefficient (Wildman–Crippen LogP) is 5.25. The van der Waals surface area contributed by atoms with Crippen LogP contribution in [0, 0.1) is 0 Å². The Kier molecular flexibility index (Phi) is 9.75. The number of amides is 1. The van der Waals surface area contributed by atoms with Crippen molar-refractivity contribution in [2.24, 2.45) is 0 Å². The highest BCUT2D eigenvalue weighted by atomic mass is 32.2. The van der Waals surface area contributed by atoms with Crippen molar-refractivity contribution in [2.75, 3.05) is 50.6 Å². The molecule has 3 aromatic carbocycles. The van der Waals surface area contributed by atoms with Crippen LogP contribution >= 0.6 is 11.8 Å². The number of para-hydroxylation sites is 1. The van der Waals surface area contributed by atoms with Crippen LogP contribution in [-0.2, 0) is 16.1 Å². The zero-order chi connectivity index (χ0) is 26.7. The third kappa shape index (κ3) is 7.58. The van der Waals surface area contributed by atoms with Gasteiger partial charge in [-0.15, -0.1) is 11.8 Å². The summed E-state index contributed by atoms with van der Waals surface area (Å²) in [5, 5.41) is 0. The lowest BCUT2D eigenvalue weighted by atomic mass is 10.2. The Labute approximate surface area is 227 Å². The fourth-order valence-electron chi connectivity index (χ4n) is 4.00. The van der Waals surface area contributed by atoms with Crippen LogP contribution < -0.4 is 19.1 Å². The molecule has 0 N–H and O–H groups in total. The van der Waals surface area contributed by atoms with Crippen molar-refractivity contribution in [1.82, 2.24) is 4.90 Å². The summed E-state index contributed by atoms with van der Waals surface area (Å²) in [6.45, 7) is 4.25. The molecule has 3 aromatic rings. The van der Waals surface area contributed by atoms with Crippen molar-refractivity contribution in [3.8, 4) is 17.2 Å². The lowest BCUT2D eigenvalue weighted by molar-refractivity contribution is -0.144. The number of hydrogen-bond donors (Lipinski definition) is 0. The zero-order valence-electron chi connectivity index (χ0n) is 21.6. The van der Waals surface area contributed by atoms with Gasteiger partial charge in [0.2, 0.25) is 0 Å². The van der Waals surface area contributed by atoms with E-state index in [1.807, 2.05) is 36.0 Å². The number of nitrogens with zero attached hydrogens (tertiary/aromatic N) is 2. The molecule has 1 aliphatic heterocycles. The summed E-state index contributed by atoms with van der Waals surface area (Å²) < 4.78 is 21.6. The van der Waals surface area contributed by atoms with Gasteiger partial charge in [-0.25, -0.2) is 4.79 Å². The topological polar surface area (TPSA) is 77.5 Å². The Morgan fingerprint density at radius 3 is 2.39 bits per heavy atom. The first-order chi connectivity index (χ1) is 18.6. The third-order valence-corrected chi connectivity index (χ3v) is 6.94. The maximum Gasteiger partial charge on any atom is 0.416 e. The van der Waals surface area contributed by atoms with Crippen LogP contribution in [0.1, 0.15) is 12.5 Å². The monoisotopic (exact) mass is 536 g/mol. The molecule has 4 rings (SSSR count). The summed E-state index contributed by atoms with van der Waals surface area (Å²) in [5.74, 6) is 2.30. The third-order valence-electron chi connectivity index (χ3n) is 5.90. The van der Waals surface area contributed by atoms with E-state index in [1.54, 1.807) is 38.3 Å². The molecule has 0 saturated heterocycles. The summed E-state index contributed by atoms with van der Waals surface area (Å²) >= 11 is 1.89. The van der Waals surface area contributed by atoms with E-state index in [1.165, 1.54) is 15.5 Å². The van der Waals surface area contributed by atoms with E-state index in [9.17, 15) is 9.59 Å². The first kappa shape index (κ1) is 27.2. The molecule has 9 heteroatoms. The van der Waals surface area contributed by atoms with Gasteiger partial charge in [-0.3, -0.25) is 9.69 Å². The predicted molar refractivity (Wildman–Crippen MR) is 147 cm³/mol. The molecule has 0 aliphatic carbocycles. The summed E-state index contributed by atoms with van der Waals surface area (Å²) in [4.78, 5) is 30.0. The van der Waals surface area contributed by atoms with E-state index in [-0.39, 0.29) is 19.7 Å². The van der Waals surface area contributed by atoms with Gasteiger partial charge < -0.3 is 23.8 Å². The van der Waals surface area contributed by atoms with Crippen molar-refractivity contribution in [1.29, 1.82) is 0 Å². The number of methoxy groups -OCH3 is 1. The molecule has 0 bridgehead atoms. The van der Waals surface area contributed by atoms with Gasteiger partial charge in [-0.05, 0) is 61.0 Å². The molecule has 1 aliphatic rings. The van der Waals surface area contributed by atoms with Gasteiger partial charge in [0.15, 0.2) is 0 Å². The highest BCUT2D eigenvalue weighted by Crippen LogP contribution is 2.34. The molecule has 8 nitrogen and oxygen atoms in total. The lowest BCUT2D eigenvalue weighted by Gasteiger charge is -2.30. The molecule has 0 fully saturated rings. The first-order valence-electron chi connectivity index (χ1n) is 12.5. The minimum absolute atomic E-state index is 0.177. The Bertz CT molecular complexity index is 1200. The highest BCUT2D eigenvalue weighted by Gasteiger charge is 2.21. The highest BCUT2D eigenvalue weighted by molar-refractivity contribution is 7.99. The number of esters is 1. The van der Waals surface area contributed by atoms with Crippen LogP contribution in [0.2, 0.25) is 0 Å². The number of carbonyl (C=O) groups is 2.